The average molecular weight is 597 g/mol. The average Bonchev–Trinajstić information content (AvgIpc) is 3.48. The standard InChI is InChI=1S/C28H28ClF3N2O5S/c29-21-8-5-16(27(36)34-19-12-22(30)25(32)23(31)13-19)9-24(21)40(38,39)20-10-17-6-7-18(11-20)28(17,37)14-33-26(35)15-3-1-2-4-15/h1-2,5,8-9,12-13,15,17-18,20,37H,3-4,6-7,10-11,14H2,(H,33,35)(H,34,36)/t17-,18?,20?,28?/m0/s1. The number of fused-ring (bicyclic) bond motifs is 2. The number of anilines is 1. The summed E-state index contributed by atoms with van der Waals surface area (Å²) < 4.78 is 67.8. The van der Waals surface area contributed by atoms with Crippen molar-refractivity contribution >= 4 is 38.9 Å². The second-order valence-corrected chi connectivity index (χ2v) is 13.4. The van der Waals surface area contributed by atoms with Crippen molar-refractivity contribution in [1.82, 2.24) is 5.32 Å². The molecular weight excluding hydrogens is 569 g/mol. The van der Waals surface area contributed by atoms with E-state index < -0.39 is 44.0 Å². The molecule has 2 aromatic rings. The summed E-state index contributed by atoms with van der Waals surface area (Å²) in [6, 6.07) is 4.82. The van der Waals surface area contributed by atoms with Gasteiger partial charge in [0.1, 0.15) is 0 Å². The molecule has 214 valence electrons. The molecule has 0 radical (unpaired) electrons. The lowest BCUT2D eigenvalue weighted by atomic mass is 9.74. The maximum absolute atomic E-state index is 13.7. The summed E-state index contributed by atoms with van der Waals surface area (Å²) in [7, 11) is -4.05. The Bertz CT molecular complexity index is 1450. The van der Waals surface area contributed by atoms with E-state index in [1.54, 1.807) is 0 Å². The lowest BCUT2D eigenvalue weighted by Gasteiger charge is -2.42. The molecule has 3 aliphatic carbocycles. The van der Waals surface area contributed by atoms with Crippen LogP contribution < -0.4 is 10.6 Å². The van der Waals surface area contributed by atoms with Gasteiger partial charge in [0.15, 0.2) is 27.3 Å². The van der Waals surface area contributed by atoms with Crippen molar-refractivity contribution in [2.24, 2.45) is 17.8 Å². The minimum atomic E-state index is -4.05. The predicted molar refractivity (Wildman–Crippen MR) is 142 cm³/mol. The molecule has 2 saturated carbocycles. The molecule has 12 heteroatoms. The maximum atomic E-state index is 13.7. The van der Waals surface area contributed by atoms with Crippen LogP contribution in [-0.2, 0) is 14.6 Å². The van der Waals surface area contributed by atoms with Gasteiger partial charge in [-0.15, -0.1) is 0 Å². The van der Waals surface area contributed by atoms with Crippen molar-refractivity contribution in [3.63, 3.8) is 0 Å². The van der Waals surface area contributed by atoms with Crippen LogP contribution in [0.25, 0.3) is 0 Å². The van der Waals surface area contributed by atoms with Crippen molar-refractivity contribution in [3.05, 3.63) is 70.5 Å². The smallest absolute Gasteiger partial charge is 0.255 e. The van der Waals surface area contributed by atoms with Gasteiger partial charge in [-0.05, 0) is 68.6 Å². The molecule has 2 amide bonds. The maximum Gasteiger partial charge on any atom is 0.255 e. The third kappa shape index (κ3) is 5.26. The van der Waals surface area contributed by atoms with Gasteiger partial charge in [0.2, 0.25) is 5.91 Å². The van der Waals surface area contributed by atoms with Gasteiger partial charge in [-0.2, -0.15) is 0 Å². The van der Waals surface area contributed by atoms with Crippen LogP contribution in [0.1, 0.15) is 48.9 Å². The van der Waals surface area contributed by atoms with Gasteiger partial charge < -0.3 is 15.7 Å². The second kappa shape index (κ2) is 10.8. The number of rotatable bonds is 7. The fourth-order valence-electron chi connectivity index (χ4n) is 6.23. The van der Waals surface area contributed by atoms with Crippen LogP contribution in [0.15, 0.2) is 47.4 Å². The zero-order chi connectivity index (χ0) is 28.8. The van der Waals surface area contributed by atoms with Crippen LogP contribution in [0.2, 0.25) is 5.02 Å². The Hall–Kier alpha value is -2.89. The van der Waals surface area contributed by atoms with Crippen LogP contribution in [0.4, 0.5) is 18.9 Å². The van der Waals surface area contributed by atoms with E-state index in [2.05, 4.69) is 10.6 Å². The third-order valence-corrected chi connectivity index (χ3v) is 11.1. The molecule has 7 nitrogen and oxygen atoms in total. The van der Waals surface area contributed by atoms with E-state index >= 15 is 0 Å². The number of carbonyl (C=O) groups excluding carboxylic acids is 2. The van der Waals surface area contributed by atoms with Gasteiger partial charge in [0, 0.05) is 35.8 Å². The molecule has 2 fully saturated rings. The zero-order valence-corrected chi connectivity index (χ0v) is 22.9. The molecule has 3 N–H and O–H groups in total. The minimum Gasteiger partial charge on any atom is -0.387 e. The molecule has 3 unspecified atom stereocenters. The Balaban J connectivity index is 1.31. The SMILES string of the molecule is O=C(Nc1cc(F)c(F)c(F)c1)c1ccc(Cl)c(S(=O)(=O)C2CC3CC[C@@H](C2)C3(O)CNC(=O)C2CC=CC2)c1. The van der Waals surface area contributed by atoms with E-state index in [4.69, 9.17) is 11.6 Å². The quantitative estimate of drug-likeness (QED) is 0.314. The van der Waals surface area contributed by atoms with E-state index in [0.29, 0.717) is 37.8 Å². The summed E-state index contributed by atoms with van der Waals surface area (Å²) >= 11 is 6.26. The van der Waals surface area contributed by atoms with Crippen LogP contribution in [0.5, 0.6) is 0 Å². The highest BCUT2D eigenvalue weighted by Gasteiger charge is 2.55. The van der Waals surface area contributed by atoms with Gasteiger partial charge >= 0.3 is 0 Å². The molecule has 0 aliphatic heterocycles. The number of allylic oxidation sites excluding steroid dienone is 2. The van der Waals surface area contributed by atoms with Gasteiger partial charge in [-0.1, -0.05) is 23.8 Å². The number of halogens is 4. The molecule has 4 atom stereocenters. The largest absolute Gasteiger partial charge is 0.387 e. The normalized spacial score (nSPS) is 26.2. The summed E-state index contributed by atoms with van der Waals surface area (Å²) in [6.07, 6.45) is 6.79. The molecule has 0 spiro atoms. The Labute approximate surface area is 234 Å². The van der Waals surface area contributed by atoms with E-state index in [9.17, 15) is 36.3 Å². The van der Waals surface area contributed by atoms with Crippen molar-refractivity contribution < 1.29 is 36.3 Å². The van der Waals surface area contributed by atoms with Crippen molar-refractivity contribution in [2.75, 3.05) is 11.9 Å². The summed E-state index contributed by atoms with van der Waals surface area (Å²) in [5.74, 6) is -6.49. The van der Waals surface area contributed by atoms with Crippen molar-refractivity contribution in [1.29, 1.82) is 0 Å². The topological polar surface area (TPSA) is 113 Å². The number of amides is 2. The molecule has 0 heterocycles. The molecule has 2 bridgehead atoms. The Morgan fingerprint density at radius 3 is 2.20 bits per heavy atom. The predicted octanol–water partition coefficient (Wildman–Crippen LogP) is 4.79. The monoisotopic (exact) mass is 596 g/mol. The minimum absolute atomic E-state index is 0.0609. The lowest BCUT2D eigenvalue weighted by molar-refractivity contribution is -0.127. The number of hydrogen-bond donors (Lipinski definition) is 3. The van der Waals surface area contributed by atoms with E-state index in [1.165, 1.54) is 12.1 Å². The molecule has 2 aromatic carbocycles. The fraction of sp³-hybridized carbons (Fsp3) is 0.429. The van der Waals surface area contributed by atoms with E-state index in [0.717, 1.165) is 6.07 Å². The molecule has 0 aromatic heterocycles. The van der Waals surface area contributed by atoms with Gasteiger partial charge in [0.05, 0.1) is 20.8 Å². The molecule has 40 heavy (non-hydrogen) atoms. The number of benzene rings is 2. The summed E-state index contributed by atoms with van der Waals surface area (Å²) in [4.78, 5) is 25.0. The van der Waals surface area contributed by atoms with Gasteiger partial charge in [-0.3, -0.25) is 9.59 Å². The molecule has 0 saturated heterocycles. The first-order chi connectivity index (χ1) is 18.9. The summed E-state index contributed by atoms with van der Waals surface area (Å²) in [5, 5.41) is 15.6. The first-order valence-corrected chi connectivity index (χ1v) is 15.0. The number of carbonyl (C=O) groups is 2. The second-order valence-electron chi connectivity index (χ2n) is 10.8. The number of aliphatic hydroxyl groups is 1. The zero-order valence-electron chi connectivity index (χ0n) is 21.3. The van der Waals surface area contributed by atoms with Gasteiger partial charge in [-0.25, -0.2) is 21.6 Å². The third-order valence-electron chi connectivity index (χ3n) is 8.48. The van der Waals surface area contributed by atoms with Crippen LogP contribution in [0, 0.1) is 35.2 Å². The summed E-state index contributed by atoms with van der Waals surface area (Å²) in [5.41, 5.74) is -1.69. The number of nitrogens with one attached hydrogen (secondary N) is 2. The number of sulfone groups is 1. The Morgan fingerprint density at radius 1 is 1.00 bits per heavy atom. The highest BCUT2D eigenvalue weighted by atomic mass is 35.5. The highest BCUT2D eigenvalue weighted by molar-refractivity contribution is 7.92. The molecular formula is C28H28ClF3N2O5S. The first kappa shape index (κ1) is 28.6. The van der Waals surface area contributed by atoms with E-state index in [1.807, 2.05) is 12.2 Å². The summed E-state index contributed by atoms with van der Waals surface area (Å²) in [6.45, 7) is 0.0609. The fourth-order valence-corrected chi connectivity index (χ4v) is 8.63. The Morgan fingerprint density at radius 2 is 1.60 bits per heavy atom. The van der Waals surface area contributed by atoms with Crippen molar-refractivity contribution in [2.45, 2.75) is 54.3 Å². The lowest BCUT2D eigenvalue weighted by Crippen LogP contribution is -2.55. The highest BCUT2D eigenvalue weighted by Crippen LogP contribution is 2.52. The van der Waals surface area contributed by atoms with Crippen LogP contribution in [0.3, 0.4) is 0 Å². The van der Waals surface area contributed by atoms with Crippen LogP contribution >= 0.6 is 11.6 Å². The molecule has 5 rings (SSSR count). The van der Waals surface area contributed by atoms with Crippen molar-refractivity contribution in [3.8, 4) is 0 Å². The first-order valence-electron chi connectivity index (χ1n) is 13.0. The number of hydrogen-bond acceptors (Lipinski definition) is 5. The Kier molecular flexibility index (Phi) is 7.75. The van der Waals surface area contributed by atoms with E-state index in [-0.39, 0.29) is 64.2 Å². The van der Waals surface area contributed by atoms with Gasteiger partial charge in [0.25, 0.3) is 5.91 Å². The van der Waals surface area contributed by atoms with Crippen LogP contribution in [-0.4, -0.2) is 42.7 Å². The molecule has 3 aliphatic rings.